The van der Waals surface area contributed by atoms with E-state index >= 15 is 0 Å². The maximum atomic E-state index is 12.9. The number of carbonyl (C=O) groups excluding carboxylic acids is 1. The highest BCUT2D eigenvalue weighted by molar-refractivity contribution is 5.99. The van der Waals surface area contributed by atoms with Crippen LogP contribution in [0.5, 0.6) is 0 Å². The summed E-state index contributed by atoms with van der Waals surface area (Å²) in [4.78, 5) is 17.1. The van der Waals surface area contributed by atoms with Gasteiger partial charge in [0, 0.05) is 30.7 Å². The summed E-state index contributed by atoms with van der Waals surface area (Å²) in [6, 6.07) is 13.6. The summed E-state index contributed by atoms with van der Waals surface area (Å²) in [6.45, 7) is 2.83. The standard InChI is InChI=1S/C22H25N5O/c28-22(25-13-10-17-6-4-11-23-14-17)20-16-27(19-8-2-1-3-9-19)26-21(20)18-7-5-12-24-15-18/h1-3,5,7-9,12,15-17,23H,4,6,10-11,13-14H2,(H,25,28). The van der Waals surface area contributed by atoms with Crippen LogP contribution in [-0.4, -0.2) is 40.3 Å². The van der Waals surface area contributed by atoms with Gasteiger partial charge in [0.05, 0.1) is 11.3 Å². The molecule has 2 N–H and O–H groups in total. The first kappa shape index (κ1) is 18.4. The lowest BCUT2D eigenvalue weighted by molar-refractivity contribution is 0.0951. The molecule has 1 aromatic carbocycles. The van der Waals surface area contributed by atoms with Crippen LogP contribution in [0.25, 0.3) is 16.9 Å². The molecule has 0 bridgehead atoms. The van der Waals surface area contributed by atoms with E-state index in [2.05, 4.69) is 20.7 Å². The molecule has 1 saturated heterocycles. The number of nitrogens with one attached hydrogen (secondary N) is 2. The van der Waals surface area contributed by atoms with E-state index in [4.69, 9.17) is 0 Å². The van der Waals surface area contributed by atoms with Gasteiger partial charge in [-0.05, 0) is 62.5 Å². The zero-order valence-electron chi connectivity index (χ0n) is 15.8. The average Bonchev–Trinajstić information content (AvgIpc) is 3.21. The van der Waals surface area contributed by atoms with Gasteiger partial charge in [0.1, 0.15) is 5.69 Å². The maximum absolute atomic E-state index is 12.9. The van der Waals surface area contributed by atoms with Crippen molar-refractivity contribution < 1.29 is 4.79 Å². The Balaban J connectivity index is 1.54. The van der Waals surface area contributed by atoms with Crippen LogP contribution in [0.15, 0.2) is 61.1 Å². The van der Waals surface area contributed by atoms with Gasteiger partial charge in [-0.2, -0.15) is 5.10 Å². The third kappa shape index (κ3) is 4.28. The molecule has 2 aromatic heterocycles. The van der Waals surface area contributed by atoms with Crippen molar-refractivity contribution in [3.05, 3.63) is 66.6 Å². The highest BCUT2D eigenvalue weighted by Crippen LogP contribution is 2.23. The molecule has 0 saturated carbocycles. The normalized spacial score (nSPS) is 16.6. The smallest absolute Gasteiger partial charge is 0.255 e. The van der Waals surface area contributed by atoms with E-state index in [0.29, 0.717) is 23.7 Å². The molecule has 6 heteroatoms. The Hall–Kier alpha value is -2.99. The van der Waals surface area contributed by atoms with E-state index in [0.717, 1.165) is 30.8 Å². The highest BCUT2D eigenvalue weighted by atomic mass is 16.1. The number of para-hydroxylation sites is 1. The van der Waals surface area contributed by atoms with Gasteiger partial charge in [-0.1, -0.05) is 18.2 Å². The third-order valence-corrected chi connectivity index (χ3v) is 5.15. The molecule has 144 valence electrons. The molecular formula is C22H25N5O. The van der Waals surface area contributed by atoms with E-state index in [-0.39, 0.29) is 5.91 Å². The van der Waals surface area contributed by atoms with Crippen LogP contribution in [0, 0.1) is 5.92 Å². The summed E-state index contributed by atoms with van der Waals surface area (Å²) in [7, 11) is 0. The molecule has 4 rings (SSSR count). The predicted octanol–water partition coefficient (Wildman–Crippen LogP) is 3.05. The summed E-state index contributed by atoms with van der Waals surface area (Å²) in [5.41, 5.74) is 2.96. The van der Waals surface area contributed by atoms with E-state index in [1.807, 2.05) is 42.5 Å². The first-order valence-corrected chi connectivity index (χ1v) is 9.85. The van der Waals surface area contributed by atoms with Crippen molar-refractivity contribution in [1.82, 2.24) is 25.4 Å². The molecule has 1 atom stereocenters. The molecule has 0 spiro atoms. The largest absolute Gasteiger partial charge is 0.352 e. The molecule has 3 aromatic rings. The van der Waals surface area contributed by atoms with Crippen molar-refractivity contribution in [1.29, 1.82) is 0 Å². The number of carbonyl (C=O) groups is 1. The Labute approximate surface area is 165 Å². The second-order valence-electron chi connectivity index (χ2n) is 7.17. The molecule has 1 fully saturated rings. The number of aromatic nitrogens is 3. The van der Waals surface area contributed by atoms with Crippen LogP contribution >= 0.6 is 0 Å². The number of piperidine rings is 1. The van der Waals surface area contributed by atoms with Crippen molar-refractivity contribution in [2.45, 2.75) is 19.3 Å². The van der Waals surface area contributed by atoms with Crippen LogP contribution in [0.1, 0.15) is 29.6 Å². The van der Waals surface area contributed by atoms with Crippen molar-refractivity contribution in [2.24, 2.45) is 5.92 Å². The molecule has 1 unspecified atom stereocenters. The Morgan fingerprint density at radius 1 is 1.21 bits per heavy atom. The molecule has 1 aliphatic rings. The van der Waals surface area contributed by atoms with Crippen LogP contribution in [0.4, 0.5) is 0 Å². The first-order chi connectivity index (χ1) is 13.8. The fourth-order valence-electron chi connectivity index (χ4n) is 3.62. The predicted molar refractivity (Wildman–Crippen MR) is 109 cm³/mol. The van der Waals surface area contributed by atoms with Gasteiger partial charge in [-0.15, -0.1) is 0 Å². The monoisotopic (exact) mass is 375 g/mol. The van der Waals surface area contributed by atoms with E-state index in [1.165, 1.54) is 12.8 Å². The number of nitrogens with zero attached hydrogens (tertiary/aromatic N) is 3. The summed E-state index contributed by atoms with van der Waals surface area (Å²) in [5, 5.41) is 11.2. The van der Waals surface area contributed by atoms with E-state index in [1.54, 1.807) is 23.3 Å². The molecule has 3 heterocycles. The summed E-state index contributed by atoms with van der Waals surface area (Å²) < 4.78 is 1.75. The third-order valence-electron chi connectivity index (χ3n) is 5.15. The summed E-state index contributed by atoms with van der Waals surface area (Å²) in [5.74, 6) is 0.545. The second kappa shape index (κ2) is 8.80. The lowest BCUT2D eigenvalue weighted by Crippen LogP contribution is -2.33. The zero-order valence-corrected chi connectivity index (χ0v) is 15.8. The van der Waals surface area contributed by atoms with Crippen molar-refractivity contribution >= 4 is 5.91 Å². The maximum Gasteiger partial charge on any atom is 0.255 e. The number of rotatable bonds is 6. The van der Waals surface area contributed by atoms with E-state index < -0.39 is 0 Å². The lowest BCUT2D eigenvalue weighted by atomic mass is 9.96. The quantitative estimate of drug-likeness (QED) is 0.695. The van der Waals surface area contributed by atoms with Gasteiger partial charge in [0.15, 0.2) is 0 Å². The molecule has 6 nitrogen and oxygen atoms in total. The van der Waals surface area contributed by atoms with Crippen LogP contribution in [0.2, 0.25) is 0 Å². The summed E-state index contributed by atoms with van der Waals surface area (Å²) in [6.07, 6.45) is 8.70. The molecular weight excluding hydrogens is 350 g/mol. The first-order valence-electron chi connectivity index (χ1n) is 9.85. The van der Waals surface area contributed by atoms with Crippen molar-refractivity contribution in [2.75, 3.05) is 19.6 Å². The lowest BCUT2D eigenvalue weighted by Gasteiger charge is -2.22. The minimum absolute atomic E-state index is 0.0928. The number of pyridine rings is 1. The Morgan fingerprint density at radius 2 is 2.11 bits per heavy atom. The number of benzene rings is 1. The van der Waals surface area contributed by atoms with Crippen molar-refractivity contribution in [3.8, 4) is 16.9 Å². The second-order valence-corrected chi connectivity index (χ2v) is 7.17. The van der Waals surface area contributed by atoms with Crippen LogP contribution in [0.3, 0.4) is 0 Å². The van der Waals surface area contributed by atoms with Crippen LogP contribution < -0.4 is 10.6 Å². The van der Waals surface area contributed by atoms with Crippen molar-refractivity contribution in [3.63, 3.8) is 0 Å². The van der Waals surface area contributed by atoms with Gasteiger partial charge < -0.3 is 10.6 Å². The molecule has 0 radical (unpaired) electrons. The topological polar surface area (TPSA) is 71.8 Å². The fraction of sp³-hybridized carbons (Fsp3) is 0.318. The van der Waals surface area contributed by atoms with Gasteiger partial charge in [0.2, 0.25) is 0 Å². The summed E-state index contributed by atoms with van der Waals surface area (Å²) >= 11 is 0. The average molecular weight is 375 g/mol. The Kier molecular flexibility index (Phi) is 5.77. The SMILES string of the molecule is O=C(NCCC1CCCNC1)c1cn(-c2ccccc2)nc1-c1cccnc1. The van der Waals surface area contributed by atoms with E-state index in [9.17, 15) is 4.79 Å². The van der Waals surface area contributed by atoms with Gasteiger partial charge in [-0.3, -0.25) is 9.78 Å². The van der Waals surface area contributed by atoms with Gasteiger partial charge >= 0.3 is 0 Å². The fourth-order valence-corrected chi connectivity index (χ4v) is 3.62. The van der Waals surface area contributed by atoms with Gasteiger partial charge in [0.25, 0.3) is 5.91 Å². The Bertz CT molecular complexity index is 901. The number of hydrogen-bond acceptors (Lipinski definition) is 4. The van der Waals surface area contributed by atoms with Crippen LogP contribution in [-0.2, 0) is 0 Å². The van der Waals surface area contributed by atoms with Gasteiger partial charge in [-0.25, -0.2) is 4.68 Å². The molecule has 0 aliphatic carbocycles. The minimum Gasteiger partial charge on any atom is -0.352 e. The Morgan fingerprint density at radius 3 is 2.86 bits per heavy atom. The highest BCUT2D eigenvalue weighted by Gasteiger charge is 2.19. The number of amides is 1. The molecule has 28 heavy (non-hydrogen) atoms. The molecule has 1 aliphatic heterocycles. The minimum atomic E-state index is -0.0928. The zero-order chi connectivity index (χ0) is 19.2. The molecule has 1 amide bonds. The number of hydrogen-bond donors (Lipinski definition) is 2.